The lowest BCUT2D eigenvalue weighted by Crippen LogP contribution is -1.96. The van der Waals surface area contributed by atoms with Crippen molar-refractivity contribution in [2.75, 3.05) is 12.4 Å². The predicted molar refractivity (Wildman–Crippen MR) is 56.8 cm³/mol. The summed E-state index contributed by atoms with van der Waals surface area (Å²) in [5, 5.41) is 2.95. The average Bonchev–Trinajstić information content (AvgIpc) is 2.79. The van der Waals surface area contributed by atoms with E-state index in [9.17, 15) is 0 Å². The number of ether oxygens (including phenoxy) is 1. The summed E-state index contributed by atoms with van der Waals surface area (Å²) in [5.41, 5.74) is 0. The maximum absolute atomic E-state index is 5.52. The zero-order valence-electron chi connectivity index (χ0n) is 8.43. The molecule has 2 aromatic rings. The minimum absolute atomic E-state index is 0.431. The highest BCUT2D eigenvalue weighted by molar-refractivity contribution is 5.39. The Kier molecular flexibility index (Phi) is 2.88. The highest BCUT2D eigenvalue weighted by atomic mass is 16.5. The van der Waals surface area contributed by atoms with Crippen LogP contribution in [0.1, 0.15) is 5.76 Å². The highest BCUT2D eigenvalue weighted by Gasteiger charge is 1.99. The smallest absolute Gasteiger partial charge is 0.146 e. The van der Waals surface area contributed by atoms with Crippen LogP contribution in [0.3, 0.4) is 0 Å². The third-order valence-corrected chi connectivity index (χ3v) is 1.95. The summed E-state index contributed by atoms with van der Waals surface area (Å²) < 4.78 is 10.7. The summed E-state index contributed by atoms with van der Waals surface area (Å²) in [6.07, 6.45) is 3.33. The highest BCUT2D eigenvalue weighted by Crippen LogP contribution is 2.15. The van der Waals surface area contributed by atoms with Crippen LogP contribution in [0.5, 0.6) is 5.75 Å². The first kappa shape index (κ1) is 9.58. The van der Waals surface area contributed by atoms with Crippen LogP contribution in [0.15, 0.2) is 41.1 Å². The third kappa shape index (κ3) is 2.49. The summed E-state index contributed by atoms with van der Waals surface area (Å²) in [6.45, 7) is 0.431. The molecule has 0 saturated heterocycles. The molecular weight excluding hydrogens is 192 g/mol. The molecule has 0 bridgehead atoms. The fourth-order valence-electron chi connectivity index (χ4n) is 1.19. The Labute approximate surface area is 87.9 Å². The minimum atomic E-state index is 0.431. The summed E-state index contributed by atoms with van der Waals surface area (Å²) in [4.78, 5) is 4.09. The molecule has 4 heteroatoms. The molecule has 0 aromatic carbocycles. The Morgan fingerprint density at radius 1 is 1.47 bits per heavy atom. The molecule has 0 aliphatic rings. The van der Waals surface area contributed by atoms with Gasteiger partial charge in [-0.2, -0.15) is 0 Å². The lowest BCUT2D eigenvalue weighted by atomic mass is 10.4. The van der Waals surface area contributed by atoms with Gasteiger partial charge in [0.05, 0.1) is 6.26 Å². The first-order chi connectivity index (χ1) is 7.38. The minimum Gasteiger partial charge on any atom is -0.485 e. The number of hydrogen-bond donors (Lipinski definition) is 1. The van der Waals surface area contributed by atoms with Crippen molar-refractivity contribution < 1.29 is 9.15 Å². The van der Waals surface area contributed by atoms with Crippen molar-refractivity contribution >= 4 is 5.82 Å². The van der Waals surface area contributed by atoms with Crippen LogP contribution in [0.25, 0.3) is 0 Å². The summed E-state index contributed by atoms with van der Waals surface area (Å²) in [7, 11) is 1.82. The molecule has 78 valence electrons. The standard InChI is InChI=1S/C11H12N2O2/c1-12-11-7-9(4-5-13-11)15-8-10-3-2-6-14-10/h2-7H,8H2,1H3,(H,12,13). The van der Waals surface area contributed by atoms with E-state index in [1.807, 2.05) is 31.3 Å². The zero-order valence-corrected chi connectivity index (χ0v) is 8.43. The number of anilines is 1. The van der Waals surface area contributed by atoms with Gasteiger partial charge >= 0.3 is 0 Å². The topological polar surface area (TPSA) is 47.3 Å². The van der Waals surface area contributed by atoms with Gasteiger partial charge in [-0.15, -0.1) is 0 Å². The fourth-order valence-corrected chi connectivity index (χ4v) is 1.19. The SMILES string of the molecule is CNc1cc(OCc2ccco2)ccn1. The lowest BCUT2D eigenvalue weighted by molar-refractivity contribution is 0.270. The van der Waals surface area contributed by atoms with Crippen molar-refractivity contribution in [2.24, 2.45) is 0 Å². The monoisotopic (exact) mass is 204 g/mol. The molecule has 0 aliphatic carbocycles. The molecule has 0 atom stereocenters. The second-order valence-corrected chi connectivity index (χ2v) is 2.99. The van der Waals surface area contributed by atoms with Gasteiger partial charge in [-0.05, 0) is 18.2 Å². The van der Waals surface area contributed by atoms with Crippen molar-refractivity contribution in [1.29, 1.82) is 0 Å². The van der Waals surface area contributed by atoms with Crippen molar-refractivity contribution in [3.05, 3.63) is 42.5 Å². The number of pyridine rings is 1. The molecule has 0 fully saturated rings. The number of nitrogens with one attached hydrogen (secondary N) is 1. The van der Waals surface area contributed by atoms with E-state index in [0.29, 0.717) is 6.61 Å². The molecule has 4 nitrogen and oxygen atoms in total. The molecule has 0 unspecified atom stereocenters. The van der Waals surface area contributed by atoms with Gasteiger partial charge in [0, 0.05) is 19.3 Å². The second kappa shape index (κ2) is 4.50. The molecule has 0 radical (unpaired) electrons. The van der Waals surface area contributed by atoms with E-state index in [4.69, 9.17) is 9.15 Å². The number of aromatic nitrogens is 1. The van der Waals surface area contributed by atoms with Gasteiger partial charge < -0.3 is 14.5 Å². The predicted octanol–water partition coefficient (Wildman–Crippen LogP) is 2.30. The van der Waals surface area contributed by atoms with Crippen LogP contribution in [0, 0.1) is 0 Å². The lowest BCUT2D eigenvalue weighted by Gasteiger charge is -2.05. The Hall–Kier alpha value is -1.97. The van der Waals surface area contributed by atoms with E-state index in [1.165, 1.54) is 0 Å². The van der Waals surface area contributed by atoms with E-state index in [0.717, 1.165) is 17.3 Å². The number of nitrogens with zero attached hydrogens (tertiary/aromatic N) is 1. The van der Waals surface area contributed by atoms with E-state index in [-0.39, 0.29) is 0 Å². The van der Waals surface area contributed by atoms with Gasteiger partial charge in [0.15, 0.2) is 0 Å². The first-order valence-corrected chi connectivity index (χ1v) is 4.67. The Morgan fingerprint density at radius 3 is 3.13 bits per heavy atom. The maximum atomic E-state index is 5.52. The quantitative estimate of drug-likeness (QED) is 0.830. The van der Waals surface area contributed by atoms with Crippen molar-refractivity contribution in [2.45, 2.75) is 6.61 Å². The average molecular weight is 204 g/mol. The molecule has 2 aromatic heterocycles. The largest absolute Gasteiger partial charge is 0.485 e. The Balaban J connectivity index is 1.98. The summed E-state index contributed by atoms with van der Waals surface area (Å²) >= 11 is 0. The summed E-state index contributed by atoms with van der Waals surface area (Å²) in [6, 6.07) is 7.36. The van der Waals surface area contributed by atoms with Crippen LogP contribution >= 0.6 is 0 Å². The van der Waals surface area contributed by atoms with E-state index >= 15 is 0 Å². The number of furan rings is 1. The molecule has 1 N–H and O–H groups in total. The van der Waals surface area contributed by atoms with Gasteiger partial charge in [0.25, 0.3) is 0 Å². The molecule has 0 spiro atoms. The van der Waals surface area contributed by atoms with E-state index < -0.39 is 0 Å². The molecule has 0 amide bonds. The molecule has 2 rings (SSSR count). The number of hydrogen-bond acceptors (Lipinski definition) is 4. The van der Waals surface area contributed by atoms with Gasteiger partial charge in [-0.25, -0.2) is 4.98 Å². The first-order valence-electron chi connectivity index (χ1n) is 4.67. The van der Waals surface area contributed by atoms with Gasteiger partial charge in [-0.1, -0.05) is 0 Å². The van der Waals surface area contributed by atoms with Crippen LogP contribution in [0.2, 0.25) is 0 Å². The van der Waals surface area contributed by atoms with Crippen LogP contribution in [0.4, 0.5) is 5.82 Å². The second-order valence-electron chi connectivity index (χ2n) is 2.99. The van der Waals surface area contributed by atoms with Gasteiger partial charge in [0.2, 0.25) is 0 Å². The molecule has 0 saturated carbocycles. The maximum Gasteiger partial charge on any atom is 0.146 e. The zero-order chi connectivity index (χ0) is 10.5. The van der Waals surface area contributed by atoms with Crippen molar-refractivity contribution in [3.63, 3.8) is 0 Å². The van der Waals surface area contributed by atoms with Gasteiger partial charge in [-0.3, -0.25) is 0 Å². The van der Waals surface area contributed by atoms with Crippen LogP contribution in [-0.4, -0.2) is 12.0 Å². The normalized spacial score (nSPS) is 9.93. The molecular formula is C11H12N2O2. The van der Waals surface area contributed by atoms with E-state index in [1.54, 1.807) is 12.5 Å². The van der Waals surface area contributed by atoms with Crippen LogP contribution < -0.4 is 10.1 Å². The van der Waals surface area contributed by atoms with Crippen LogP contribution in [-0.2, 0) is 6.61 Å². The van der Waals surface area contributed by atoms with E-state index in [2.05, 4.69) is 10.3 Å². The van der Waals surface area contributed by atoms with Gasteiger partial charge in [0.1, 0.15) is 23.9 Å². The molecule has 15 heavy (non-hydrogen) atoms. The molecule has 0 aliphatic heterocycles. The van der Waals surface area contributed by atoms with Crippen molar-refractivity contribution in [1.82, 2.24) is 4.98 Å². The Bertz CT molecular complexity index is 412. The Morgan fingerprint density at radius 2 is 2.40 bits per heavy atom. The number of rotatable bonds is 4. The summed E-state index contributed by atoms with van der Waals surface area (Å²) in [5.74, 6) is 2.36. The molecule has 2 heterocycles. The third-order valence-electron chi connectivity index (χ3n) is 1.95. The van der Waals surface area contributed by atoms with Crippen molar-refractivity contribution in [3.8, 4) is 5.75 Å². The fraction of sp³-hybridized carbons (Fsp3) is 0.182.